The first-order valence-electron chi connectivity index (χ1n) is 4.77. The van der Waals surface area contributed by atoms with Crippen LogP contribution < -0.4 is 5.32 Å². The number of rotatable bonds is 3. The van der Waals surface area contributed by atoms with Crippen molar-refractivity contribution in [1.29, 1.82) is 0 Å². The lowest BCUT2D eigenvalue weighted by Crippen LogP contribution is -2.10. The minimum absolute atomic E-state index is 0.183. The number of hydrogen-bond donors (Lipinski definition) is 1. The predicted octanol–water partition coefficient (Wildman–Crippen LogP) is 1.38. The molecule has 2 heterocycles. The van der Waals surface area contributed by atoms with Gasteiger partial charge >= 0.3 is 0 Å². The van der Waals surface area contributed by atoms with E-state index in [1.54, 1.807) is 7.05 Å². The number of aryl methyl sites for hydroxylation is 1. The molecule has 0 bridgehead atoms. The first kappa shape index (κ1) is 12.3. The zero-order valence-corrected chi connectivity index (χ0v) is 9.09. The normalized spacial score (nSPS) is 10.7. The van der Waals surface area contributed by atoms with Crippen LogP contribution in [0.1, 0.15) is 5.82 Å². The molecule has 0 amide bonds. The van der Waals surface area contributed by atoms with Gasteiger partial charge in [0.2, 0.25) is 11.6 Å². The Hall–Kier alpha value is -2.19. The third-order valence-electron chi connectivity index (χ3n) is 2.07. The molecule has 2 rings (SSSR count). The number of hydrogen-bond acceptors (Lipinski definition) is 4. The molecule has 0 aliphatic carbocycles. The van der Waals surface area contributed by atoms with E-state index in [-0.39, 0.29) is 12.4 Å². The average Bonchev–Trinajstić information content (AvgIpc) is 2.73. The van der Waals surface area contributed by atoms with Crippen LogP contribution in [0.5, 0.6) is 0 Å². The van der Waals surface area contributed by atoms with Crippen molar-refractivity contribution in [2.75, 3.05) is 5.32 Å². The molecule has 0 saturated carbocycles. The largest absolute Gasteiger partial charge is 0.373 e. The number of nitrogens with zero attached hydrogens (tertiary/aromatic N) is 4. The molecule has 2 aromatic rings. The molecular weight excluding hydrogens is 254 g/mol. The Labute approximate surface area is 98.5 Å². The van der Waals surface area contributed by atoms with E-state index in [1.165, 1.54) is 11.0 Å². The van der Waals surface area contributed by atoms with Crippen LogP contribution in [0.3, 0.4) is 0 Å². The quantitative estimate of drug-likeness (QED) is 0.670. The van der Waals surface area contributed by atoms with Gasteiger partial charge in [0, 0.05) is 7.05 Å². The third kappa shape index (κ3) is 2.24. The predicted molar refractivity (Wildman–Crippen MR) is 52.4 cm³/mol. The van der Waals surface area contributed by atoms with Crippen LogP contribution in [0.4, 0.5) is 23.2 Å². The molecular formula is C9H7F4N5. The lowest BCUT2D eigenvalue weighted by Gasteiger charge is -2.07. The summed E-state index contributed by atoms with van der Waals surface area (Å²) >= 11 is 0. The van der Waals surface area contributed by atoms with Crippen LogP contribution >= 0.6 is 0 Å². The molecule has 0 aliphatic heterocycles. The van der Waals surface area contributed by atoms with Crippen LogP contribution in [0.25, 0.3) is 0 Å². The highest BCUT2D eigenvalue weighted by molar-refractivity contribution is 5.45. The van der Waals surface area contributed by atoms with E-state index in [9.17, 15) is 17.6 Å². The summed E-state index contributed by atoms with van der Waals surface area (Å²) in [5.74, 6) is -6.40. The standard InChI is InChI=1S/C9H7F4N5/c1-18-3-15-4(17-18)2-14-7-5(10)8(12)16-9(13)6(7)11/h3H,2H2,1H3,(H,14,16). The van der Waals surface area contributed by atoms with Crippen LogP contribution in [-0.2, 0) is 13.6 Å². The van der Waals surface area contributed by atoms with Gasteiger partial charge in [0.05, 0.1) is 6.54 Å². The Balaban J connectivity index is 2.24. The molecule has 0 unspecified atom stereocenters. The number of nitrogens with one attached hydrogen (secondary N) is 1. The molecule has 0 saturated heterocycles. The van der Waals surface area contributed by atoms with Crippen molar-refractivity contribution in [2.24, 2.45) is 7.05 Å². The van der Waals surface area contributed by atoms with Crippen molar-refractivity contribution in [1.82, 2.24) is 19.7 Å². The molecule has 2 aromatic heterocycles. The highest BCUT2D eigenvalue weighted by Crippen LogP contribution is 2.22. The Morgan fingerprint density at radius 3 is 2.28 bits per heavy atom. The van der Waals surface area contributed by atoms with Gasteiger partial charge in [-0.1, -0.05) is 0 Å². The van der Waals surface area contributed by atoms with Crippen LogP contribution in [0, 0.1) is 23.5 Å². The van der Waals surface area contributed by atoms with Crippen molar-refractivity contribution in [3.8, 4) is 0 Å². The summed E-state index contributed by atoms with van der Waals surface area (Å²) in [7, 11) is 1.60. The SMILES string of the molecule is Cn1cnc(CNc2c(F)c(F)nc(F)c2F)n1. The van der Waals surface area contributed by atoms with Gasteiger partial charge in [-0.15, -0.1) is 0 Å². The maximum absolute atomic E-state index is 13.2. The van der Waals surface area contributed by atoms with Crippen molar-refractivity contribution >= 4 is 5.69 Å². The lowest BCUT2D eigenvalue weighted by molar-refractivity contribution is 0.410. The number of anilines is 1. The number of halogens is 4. The number of pyridine rings is 1. The van der Waals surface area contributed by atoms with E-state index in [4.69, 9.17) is 0 Å². The molecule has 0 aliphatic rings. The van der Waals surface area contributed by atoms with E-state index < -0.39 is 29.2 Å². The zero-order chi connectivity index (χ0) is 13.3. The van der Waals surface area contributed by atoms with E-state index in [0.717, 1.165) is 0 Å². The second-order valence-electron chi connectivity index (χ2n) is 3.38. The first-order chi connectivity index (χ1) is 8.49. The Morgan fingerprint density at radius 1 is 1.17 bits per heavy atom. The second-order valence-corrected chi connectivity index (χ2v) is 3.38. The topological polar surface area (TPSA) is 55.6 Å². The monoisotopic (exact) mass is 261 g/mol. The van der Waals surface area contributed by atoms with Crippen molar-refractivity contribution in [2.45, 2.75) is 6.54 Å². The zero-order valence-electron chi connectivity index (χ0n) is 9.09. The minimum Gasteiger partial charge on any atom is -0.373 e. The van der Waals surface area contributed by atoms with E-state index in [1.807, 2.05) is 0 Å². The summed E-state index contributed by atoms with van der Waals surface area (Å²) in [6.45, 7) is -0.183. The first-order valence-corrected chi connectivity index (χ1v) is 4.77. The van der Waals surface area contributed by atoms with Gasteiger partial charge in [0.15, 0.2) is 5.82 Å². The molecule has 0 radical (unpaired) electrons. The second kappa shape index (κ2) is 4.59. The third-order valence-corrected chi connectivity index (χ3v) is 2.07. The Bertz CT molecular complexity index is 556. The highest BCUT2D eigenvalue weighted by Gasteiger charge is 2.20. The lowest BCUT2D eigenvalue weighted by atomic mass is 10.3. The minimum atomic E-state index is -1.72. The van der Waals surface area contributed by atoms with Gasteiger partial charge in [-0.2, -0.15) is 27.6 Å². The smallest absolute Gasteiger partial charge is 0.253 e. The fourth-order valence-electron chi connectivity index (χ4n) is 1.27. The summed E-state index contributed by atoms with van der Waals surface area (Å²) in [6.07, 6.45) is 1.37. The summed E-state index contributed by atoms with van der Waals surface area (Å²) < 4.78 is 53.3. The fourth-order valence-corrected chi connectivity index (χ4v) is 1.27. The Kier molecular flexibility index (Phi) is 3.13. The van der Waals surface area contributed by atoms with Gasteiger partial charge in [-0.05, 0) is 0 Å². The van der Waals surface area contributed by atoms with Gasteiger partial charge < -0.3 is 5.32 Å². The summed E-state index contributed by atoms with van der Waals surface area (Å²) in [6, 6.07) is 0. The summed E-state index contributed by atoms with van der Waals surface area (Å²) in [5, 5.41) is 6.01. The van der Waals surface area contributed by atoms with Crippen LogP contribution in [0.15, 0.2) is 6.33 Å². The molecule has 18 heavy (non-hydrogen) atoms. The highest BCUT2D eigenvalue weighted by atomic mass is 19.2. The van der Waals surface area contributed by atoms with Gasteiger partial charge in [0.1, 0.15) is 12.0 Å². The van der Waals surface area contributed by atoms with Gasteiger partial charge in [-0.25, -0.2) is 4.98 Å². The van der Waals surface area contributed by atoms with Crippen molar-refractivity contribution < 1.29 is 17.6 Å². The molecule has 1 N–H and O–H groups in total. The molecule has 0 atom stereocenters. The van der Waals surface area contributed by atoms with Gasteiger partial charge in [0.25, 0.3) is 11.9 Å². The van der Waals surface area contributed by atoms with Crippen molar-refractivity contribution in [3.63, 3.8) is 0 Å². The average molecular weight is 261 g/mol. The van der Waals surface area contributed by atoms with E-state index in [2.05, 4.69) is 20.4 Å². The number of aromatic nitrogens is 4. The van der Waals surface area contributed by atoms with Crippen molar-refractivity contribution in [3.05, 3.63) is 35.7 Å². The molecule has 9 heteroatoms. The van der Waals surface area contributed by atoms with Gasteiger partial charge in [-0.3, -0.25) is 4.68 Å². The summed E-state index contributed by atoms with van der Waals surface area (Å²) in [4.78, 5) is 6.21. The van der Waals surface area contributed by atoms with Crippen LogP contribution in [0.2, 0.25) is 0 Å². The molecule has 0 fully saturated rings. The van der Waals surface area contributed by atoms with Crippen LogP contribution in [-0.4, -0.2) is 19.7 Å². The molecule has 96 valence electrons. The molecule has 0 spiro atoms. The molecule has 5 nitrogen and oxygen atoms in total. The Morgan fingerprint density at radius 2 is 1.78 bits per heavy atom. The molecule has 0 aromatic carbocycles. The van der Waals surface area contributed by atoms with E-state index in [0.29, 0.717) is 0 Å². The maximum atomic E-state index is 13.2. The fraction of sp³-hybridized carbons (Fsp3) is 0.222. The van der Waals surface area contributed by atoms with E-state index >= 15 is 0 Å². The maximum Gasteiger partial charge on any atom is 0.253 e. The summed E-state index contributed by atoms with van der Waals surface area (Å²) in [5.41, 5.74) is -0.938.